The second-order valence-electron chi connectivity index (χ2n) is 5.02. The summed E-state index contributed by atoms with van der Waals surface area (Å²) in [7, 11) is 0. The van der Waals surface area contributed by atoms with Gasteiger partial charge in [-0.15, -0.1) is 13.2 Å². The molecule has 0 saturated heterocycles. The van der Waals surface area contributed by atoms with Gasteiger partial charge in [0.25, 0.3) is 5.91 Å². The van der Waals surface area contributed by atoms with Gasteiger partial charge in [-0.2, -0.15) is 0 Å². The molecule has 124 valence electrons. The van der Waals surface area contributed by atoms with Crippen LogP contribution in [0.2, 0.25) is 0 Å². The molecule has 0 saturated carbocycles. The van der Waals surface area contributed by atoms with Gasteiger partial charge in [0.1, 0.15) is 5.75 Å². The normalized spacial score (nSPS) is 11.5. The summed E-state index contributed by atoms with van der Waals surface area (Å²) >= 11 is 1.07. The third-order valence-electron chi connectivity index (χ3n) is 3.13. The van der Waals surface area contributed by atoms with Gasteiger partial charge in [-0.05, 0) is 31.2 Å². The van der Waals surface area contributed by atoms with Crippen LogP contribution in [0.4, 0.5) is 18.3 Å². The maximum Gasteiger partial charge on any atom is 0.573 e. The van der Waals surface area contributed by atoms with Crippen molar-refractivity contribution >= 4 is 32.6 Å². The van der Waals surface area contributed by atoms with Crippen molar-refractivity contribution in [2.75, 3.05) is 5.32 Å². The molecule has 3 rings (SSSR count). The monoisotopic (exact) mass is 352 g/mol. The Hall–Kier alpha value is -2.61. The smallest absolute Gasteiger partial charge is 0.406 e. The number of alkyl halides is 3. The molecule has 3 aromatic rings. The van der Waals surface area contributed by atoms with Gasteiger partial charge < -0.3 is 4.74 Å². The molecule has 1 aromatic heterocycles. The van der Waals surface area contributed by atoms with E-state index in [2.05, 4.69) is 15.0 Å². The van der Waals surface area contributed by atoms with Crippen LogP contribution in [0.1, 0.15) is 15.9 Å². The first-order valence-electron chi connectivity index (χ1n) is 6.84. The van der Waals surface area contributed by atoms with E-state index in [4.69, 9.17) is 0 Å². The lowest BCUT2D eigenvalue weighted by atomic mass is 10.1. The zero-order chi connectivity index (χ0) is 17.3. The van der Waals surface area contributed by atoms with Crippen LogP contribution in [0.25, 0.3) is 10.2 Å². The van der Waals surface area contributed by atoms with Gasteiger partial charge in [-0.1, -0.05) is 29.0 Å². The highest BCUT2D eigenvalue weighted by molar-refractivity contribution is 7.22. The Bertz CT molecular complexity index is 888. The lowest BCUT2D eigenvalue weighted by Gasteiger charge is -2.07. The van der Waals surface area contributed by atoms with Crippen molar-refractivity contribution in [3.05, 3.63) is 53.6 Å². The molecular weight excluding hydrogens is 341 g/mol. The SMILES string of the molecule is Cc1ccc(C(=O)Nc2nc3ccc(OC(F)(F)F)cc3s2)cc1. The number of nitrogens with zero attached hydrogens (tertiary/aromatic N) is 1. The number of fused-ring (bicyclic) bond motifs is 1. The van der Waals surface area contributed by atoms with Crippen LogP contribution in [0.3, 0.4) is 0 Å². The molecule has 1 amide bonds. The minimum absolute atomic E-state index is 0.305. The van der Waals surface area contributed by atoms with E-state index < -0.39 is 6.36 Å². The number of aromatic nitrogens is 1. The summed E-state index contributed by atoms with van der Waals surface area (Å²) in [6.07, 6.45) is -4.75. The van der Waals surface area contributed by atoms with Crippen LogP contribution in [-0.4, -0.2) is 17.3 Å². The number of hydrogen-bond donors (Lipinski definition) is 1. The predicted octanol–water partition coefficient (Wildman–Crippen LogP) is 4.76. The zero-order valence-electron chi connectivity index (χ0n) is 12.3. The largest absolute Gasteiger partial charge is 0.573 e. The van der Waals surface area contributed by atoms with Crippen LogP contribution in [-0.2, 0) is 0 Å². The Morgan fingerprint density at radius 1 is 1.17 bits per heavy atom. The Morgan fingerprint density at radius 3 is 2.54 bits per heavy atom. The molecule has 1 heterocycles. The molecule has 0 unspecified atom stereocenters. The first-order chi connectivity index (χ1) is 11.3. The van der Waals surface area contributed by atoms with Crippen molar-refractivity contribution in [1.82, 2.24) is 4.98 Å². The number of nitrogens with one attached hydrogen (secondary N) is 1. The van der Waals surface area contributed by atoms with E-state index in [1.807, 2.05) is 19.1 Å². The molecule has 0 radical (unpaired) electrons. The molecule has 4 nitrogen and oxygen atoms in total. The first-order valence-corrected chi connectivity index (χ1v) is 7.66. The van der Waals surface area contributed by atoms with Crippen molar-refractivity contribution < 1.29 is 22.7 Å². The molecule has 24 heavy (non-hydrogen) atoms. The fourth-order valence-corrected chi connectivity index (χ4v) is 2.92. The summed E-state index contributed by atoms with van der Waals surface area (Å²) in [6.45, 7) is 1.91. The number of anilines is 1. The van der Waals surface area contributed by atoms with Crippen LogP contribution in [0.5, 0.6) is 5.75 Å². The van der Waals surface area contributed by atoms with Crippen LogP contribution >= 0.6 is 11.3 Å². The summed E-state index contributed by atoms with van der Waals surface area (Å²) in [5, 5.41) is 2.95. The molecule has 0 spiro atoms. The van der Waals surface area contributed by atoms with E-state index in [0.717, 1.165) is 16.9 Å². The van der Waals surface area contributed by atoms with Gasteiger partial charge in [0.15, 0.2) is 5.13 Å². The summed E-state index contributed by atoms with van der Waals surface area (Å²) < 4.78 is 41.1. The van der Waals surface area contributed by atoms with Crippen LogP contribution in [0, 0.1) is 6.92 Å². The standard InChI is InChI=1S/C16H11F3N2O2S/c1-9-2-4-10(5-3-9)14(22)21-15-20-12-7-6-11(8-13(12)24-15)23-16(17,18)19/h2-8H,1H3,(H,20,21,22). The number of amides is 1. The minimum atomic E-state index is -4.75. The number of ether oxygens (including phenoxy) is 1. The van der Waals surface area contributed by atoms with Crippen molar-refractivity contribution in [3.63, 3.8) is 0 Å². The number of benzene rings is 2. The predicted molar refractivity (Wildman–Crippen MR) is 85.4 cm³/mol. The number of hydrogen-bond acceptors (Lipinski definition) is 4. The number of thiazole rings is 1. The van der Waals surface area contributed by atoms with Crippen LogP contribution < -0.4 is 10.1 Å². The van der Waals surface area contributed by atoms with E-state index in [1.165, 1.54) is 18.2 Å². The molecule has 0 fully saturated rings. The van der Waals surface area contributed by atoms with Gasteiger partial charge in [0.2, 0.25) is 0 Å². The number of carbonyl (C=O) groups is 1. The fourth-order valence-electron chi connectivity index (χ4n) is 2.03. The van der Waals surface area contributed by atoms with Gasteiger partial charge in [0, 0.05) is 11.6 Å². The van der Waals surface area contributed by atoms with Crippen molar-refractivity contribution in [3.8, 4) is 5.75 Å². The highest BCUT2D eigenvalue weighted by Gasteiger charge is 2.31. The van der Waals surface area contributed by atoms with E-state index >= 15 is 0 Å². The molecule has 0 atom stereocenters. The number of aryl methyl sites for hydroxylation is 1. The molecule has 2 aromatic carbocycles. The third-order valence-corrected chi connectivity index (χ3v) is 4.06. The molecular formula is C16H11F3N2O2S. The number of rotatable bonds is 3. The average molecular weight is 352 g/mol. The Balaban J connectivity index is 1.80. The van der Waals surface area contributed by atoms with E-state index in [9.17, 15) is 18.0 Å². The second kappa shape index (κ2) is 6.12. The molecule has 0 aliphatic rings. The third kappa shape index (κ3) is 3.83. The van der Waals surface area contributed by atoms with E-state index in [0.29, 0.717) is 20.9 Å². The average Bonchev–Trinajstić information content (AvgIpc) is 2.87. The summed E-state index contributed by atoms with van der Waals surface area (Å²) in [4.78, 5) is 16.3. The maximum absolute atomic E-state index is 12.2. The highest BCUT2D eigenvalue weighted by atomic mass is 32.1. The maximum atomic E-state index is 12.2. The minimum Gasteiger partial charge on any atom is -0.406 e. The van der Waals surface area contributed by atoms with Gasteiger partial charge >= 0.3 is 6.36 Å². The molecule has 1 N–H and O–H groups in total. The lowest BCUT2D eigenvalue weighted by Crippen LogP contribution is -2.16. The lowest BCUT2D eigenvalue weighted by molar-refractivity contribution is -0.274. The van der Waals surface area contributed by atoms with Gasteiger partial charge in [-0.3, -0.25) is 10.1 Å². The topological polar surface area (TPSA) is 51.2 Å². The number of carbonyl (C=O) groups excluding carboxylic acids is 1. The van der Waals surface area contributed by atoms with Crippen molar-refractivity contribution in [1.29, 1.82) is 0 Å². The van der Waals surface area contributed by atoms with Crippen LogP contribution in [0.15, 0.2) is 42.5 Å². The van der Waals surface area contributed by atoms with Crippen molar-refractivity contribution in [2.45, 2.75) is 13.3 Å². The Morgan fingerprint density at radius 2 is 1.88 bits per heavy atom. The van der Waals surface area contributed by atoms with Gasteiger partial charge in [0.05, 0.1) is 10.2 Å². The Labute approximate surface area is 138 Å². The highest BCUT2D eigenvalue weighted by Crippen LogP contribution is 2.31. The molecule has 8 heteroatoms. The molecule has 0 bridgehead atoms. The van der Waals surface area contributed by atoms with E-state index in [-0.39, 0.29) is 11.7 Å². The first kappa shape index (κ1) is 16.3. The van der Waals surface area contributed by atoms with E-state index in [1.54, 1.807) is 12.1 Å². The zero-order valence-corrected chi connectivity index (χ0v) is 13.2. The van der Waals surface area contributed by atoms with Gasteiger partial charge in [-0.25, -0.2) is 4.98 Å². The quantitative estimate of drug-likeness (QED) is 0.740. The number of halogens is 3. The molecule has 0 aliphatic heterocycles. The summed E-state index contributed by atoms with van der Waals surface area (Å²) in [5.74, 6) is -0.657. The summed E-state index contributed by atoms with van der Waals surface area (Å²) in [6, 6.07) is 10.8. The van der Waals surface area contributed by atoms with Crippen molar-refractivity contribution in [2.24, 2.45) is 0 Å². The summed E-state index contributed by atoms with van der Waals surface area (Å²) in [5.41, 5.74) is 1.98. The molecule has 0 aliphatic carbocycles. The second-order valence-corrected chi connectivity index (χ2v) is 6.05. The fraction of sp³-hybridized carbons (Fsp3) is 0.125. The Kier molecular flexibility index (Phi) is 4.15.